The summed E-state index contributed by atoms with van der Waals surface area (Å²) in [7, 11) is 0. The van der Waals surface area contributed by atoms with E-state index in [1.54, 1.807) is 0 Å². The lowest BCUT2D eigenvalue weighted by Crippen LogP contribution is -2.44. The smallest absolute Gasteiger partial charge is 0.0101 e. The largest absolute Gasteiger partial charge is 0.297 e. The third kappa shape index (κ3) is 1.41. The minimum atomic E-state index is 0.990. The fraction of sp³-hybridized carbons (Fsp3) is 1.00. The van der Waals surface area contributed by atoms with Crippen molar-refractivity contribution in [3.63, 3.8) is 0 Å². The highest BCUT2D eigenvalue weighted by Crippen LogP contribution is 2.40. The Balaban J connectivity index is 1.78. The topological polar surface area (TPSA) is 3.24 Å². The number of hydrogen-bond acceptors (Lipinski definition) is 1. The lowest BCUT2D eigenvalue weighted by molar-refractivity contribution is 0.0978. The molecule has 0 amide bonds. The van der Waals surface area contributed by atoms with Crippen LogP contribution in [0.1, 0.15) is 51.4 Å². The van der Waals surface area contributed by atoms with E-state index in [9.17, 15) is 0 Å². The average molecular weight is 179 g/mol. The molecule has 3 atom stereocenters. The van der Waals surface area contributed by atoms with Gasteiger partial charge in [-0.25, -0.2) is 0 Å². The van der Waals surface area contributed by atoms with E-state index in [0.717, 1.165) is 18.0 Å². The number of nitrogens with zero attached hydrogens (tertiary/aromatic N) is 1. The molecule has 74 valence electrons. The number of fused-ring (bicyclic) bond motifs is 4. The molecule has 2 heterocycles. The SMILES string of the molecule is C1CCN2C(C1)CCC1CCC2C1. The zero-order valence-corrected chi connectivity index (χ0v) is 8.54. The minimum absolute atomic E-state index is 0.990. The third-order valence-electron chi connectivity index (χ3n) is 4.56. The van der Waals surface area contributed by atoms with Gasteiger partial charge in [-0.2, -0.15) is 0 Å². The fourth-order valence-corrected chi connectivity index (χ4v) is 3.85. The van der Waals surface area contributed by atoms with Crippen LogP contribution in [0, 0.1) is 5.92 Å². The van der Waals surface area contributed by atoms with E-state index in [1.807, 2.05) is 0 Å². The van der Waals surface area contributed by atoms with Crippen LogP contribution in [0.3, 0.4) is 0 Å². The quantitative estimate of drug-likeness (QED) is 0.552. The Hall–Kier alpha value is -0.0400. The Labute approximate surface area is 81.5 Å². The first kappa shape index (κ1) is 8.28. The van der Waals surface area contributed by atoms with Crippen molar-refractivity contribution in [3.05, 3.63) is 0 Å². The Morgan fingerprint density at radius 3 is 2.54 bits per heavy atom. The average Bonchev–Trinajstić information content (AvgIpc) is 2.54. The van der Waals surface area contributed by atoms with Crippen molar-refractivity contribution in [3.8, 4) is 0 Å². The molecule has 1 aliphatic carbocycles. The maximum atomic E-state index is 2.87. The summed E-state index contributed by atoms with van der Waals surface area (Å²) in [6.45, 7) is 1.42. The molecular formula is C12H21N. The van der Waals surface area contributed by atoms with Gasteiger partial charge in [-0.05, 0) is 57.4 Å². The van der Waals surface area contributed by atoms with Gasteiger partial charge in [0.2, 0.25) is 0 Å². The molecule has 3 aliphatic rings. The monoisotopic (exact) mass is 179 g/mol. The highest BCUT2D eigenvalue weighted by Gasteiger charge is 2.37. The van der Waals surface area contributed by atoms with Crippen LogP contribution in [-0.2, 0) is 0 Å². The highest BCUT2D eigenvalue weighted by atomic mass is 15.2. The van der Waals surface area contributed by atoms with Gasteiger partial charge in [-0.15, -0.1) is 0 Å². The van der Waals surface area contributed by atoms with E-state index in [2.05, 4.69) is 4.90 Å². The van der Waals surface area contributed by atoms with Gasteiger partial charge in [-0.1, -0.05) is 6.42 Å². The van der Waals surface area contributed by atoms with Gasteiger partial charge in [0, 0.05) is 12.1 Å². The maximum absolute atomic E-state index is 2.87. The Kier molecular flexibility index (Phi) is 2.08. The minimum Gasteiger partial charge on any atom is -0.297 e. The predicted molar refractivity (Wildman–Crippen MR) is 54.7 cm³/mol. The number of hydrogen-bond donors (Lipinski definition) is 0. The van der Waals surface area contributed by atoms with Gasteiger partial charge in [0.1, 0.15) is 0 Å². The third-order valence-corrected chi connectivity index (χ3v) is 4.56. The predicted octanol–water partition coefficient (Wildman–Crippen LogP) is 2.80. The second kappa shape index (κ2) is 3.27. The van der Waals surface area contributed by atoms with Gasteiger partial charge < -0.3 is 0 Å². The summed E-state index contributed by atoms with van der Waals surface area (Å²) in [5, 5.41) is 0. The molecule has 2 bridgehead atoms. The molecule has 0 spiro atoms. The molecule has 1 nitrogen and oxygen atoms in total. The zero-order chi connectivity index (χ0) is 8.67. The molecule has 1 saturated carbocycles. The maximum Gasteiger partial charge on any atom is 0.0101 e. The summed E-state index contributed by atoms with van der Waals surface area (Å²) in [5.41, 5.74) is 0. The Morgan fingerprint density at radius 1 is 0.769 bits per heavy atom. The van der Waals surface area contributed by atoms with Crippen LogP contribution >= 0.6 is 0 Å². The van der Waals surface area contributed by atoms with Crippen molar-refractivity contribution in [1.82, 2.24) is 4.90 Å². The Bertz CT molecular complexity index is 186. The lowest BCUT2D eigenvalue weighted by Gasteiger charge is -2.39. The molecule has 0 N–H and O–H groups in total. The highest BCUT2D eigenvalue weighted by molar-refractivity contribution is 4.92. The summed E-state index contributed by atoms with van der Waals surface area (Å²) in [5.74, 6) is 1.11. The molecule has 3 fully saturated rings. The molecular weight excluding hydrogens is 158 g/mol. The van der Waals surface area contributed by atoms with E-state index < -0.39 is 0 Å². The molecule has 0 aromatic rings. The normalized spacial score (nSPS) is 45.7. The van der Waals surface area contributed by atoms with Crippen LogP contribution in [0.15, 0.2) is 0 Å². The van der Waals surface area contributed by atoms with Gasteiger partial charge in [0.15, 0.2) is 0 Å². The molecule has 0 aromatic heterocycles. The number of piperidine rings is 1. The van der Waals surface area contributed by atoms with Crippen LogP contribution in [0.5, 0.6) is 0 Å². The van der Waals surface area contributed by atoms with E-state index in [0.29, 0.717) is 0 Å². The van der Waals surface area contributed by atoms with E-state index in [1.165, 1.54) is 57.9 Å². The summed E-state index contributed by atoms with van der Waals surface area (Å²) in [6.07, 6.45) is 12.1. The zero-order valence-electron chi connectivity index (χ0n) is 8.54. The lowest BCUT2D eigenvalue weighted by atomic mass is 9.94. The van der Waals surface area contributed by atoms with Crippen LogP contribution < -0.4 is 0 Å². The second-order valence-electron chi connectivity index (χ2n) is 5.30. The molecule has 0 aromatic carbocycles. The molecule has 3 rings (SSSR count). The van der Waals surface area contributed by atoms with Crippen molar-refractivity contribution in [2.24, 2.45) is 5.92 Å². The van der Waals surface area contributed by atoms with Gasteiger partial charge >= 0.3 is 0 Å². The summed E-state index contributed by atoms with van der Waals surface area (Å²) < 4.78 is 0. The standard InChI is InChI=1S/C12H21N/c1-2-8-13-11(3-1)6-4-10-5-7-12(13)9-10/h10-12H,1-9H2. The van der Waals surface area contributed by atoms with Crippen LogP contribution in [-0.4, -0.2) is 23.5 Å². The summed E-state index contributed by atoms with van der Waals surface area (Å²) in [6, 6.07) is 1.99. The van der Waals surface area contributed by atoms with Crippen molar-refractivity contribution in [2.75, 3.05) is 6.54 Å². The molecule has 3 unspecified atom stereocenters. The van der Waals surface area contributed by atoms with Crippen molar-refractivity contribution in [1.29, 1.82) is 0 Å². The molecule has 13 heavy (non-hydrogen) atoms. The first-order valence-corrected chi connectivity index (χ1v) is 6.19. The molecule has 1 heteroatoms. The molecule has 2 saturated heterocycles. The van der Waals surface area contributed by atoms with Crippen molar-refractivity contribution >= 4 is 0 Å². The van der Waals surface area contributed by atoms with Gasteiger partial charge in [0.25, 0.3) is 0 Å². The number of rotatable bonds is 0. The van der Waals surface area contributed by atoms with Gasteiger partial charge in [0.05, 0.1) is 0 Å². The first-order chi connectivity index (χ1) is 6.43. The molecule has 2 aliphatic heterocycles. The van der Waals surface area contributed by atoms with E-state index in [-0.39, 0.29) is 0 Å². The van der Waals surface area contributed by atoms with Crippen LogP contribution in [0.2, 0.25) is 0 Å². The molecule has 0 radical (unpaired) electrons. The van der Waals surface area contributed by atoms with Crippen LogP contribution in [0.4, 0.5) is 0 Å². The fourth-order valence-electron chi connectivity index (χ4n) is 3.85. The Morgan fingerprint density at radius 2 is 1.62 bits per heavy atom. The second-order valence-corrected chi connectivity index (χ2v) is 5.30. The summed E-state index contributed by atoms with van der Waals surface area (Å²) in [4.78, 5) is 2.87. The van der Waals surface area contributed by atoms with Crippen molar-refractivity contribution < 1.29 is 0 Å². The first-order valence-electron chi connectivity index (χ1n) is 6.19. The van der Waals surface area contributed by atoms with Gasteiger partial charge in [-0.3, -0.25) is 4.90 Å². The van der Waals surface area contributed by atoms with E-state index >= 15 is 0 Å². The van der Waals surface area contributed by atoms with Crippen LogP contribution in [0.25, 0.3) is 0 Å². The van der Waals surface area contributed by atoms with Crippen molar-refractivity contribution in [2.45, 2.75) is 63.5 Å². The van der Waals surface area contributed by atoms with E-state index in [4.69, 9.17) is 0 Å². The summed E-state index contributed by atoms with van der Waals surface area (Å²) >= 11 is 0.